The molecule has 0 saturated carbocycles. The molecule has 0 bridgehead atoms. The zero-order valence-corrected chi connectivity index (χ0v) is 13.2. The molecule has 110 valence electrons. The van der Waals surface area contributed by atoms with Crippen LogP contribution < -0.4 is 10.2 Å². The van der Waals surface area contributed by atoms with Crippen molar-refractivity contribution in [2.45, 2.75) is 13.8 Å². The molecular formula is C14H14BrN3O3. The van der Waals surface area contributed by atoms with Crippen molar-refractivity contribution >= 4 is 27.5 Å². The summed E-state index contributed by atoms with van der Waals surface area (Å²) in [6.45, 7) is 3.44. The van der Waals surface area contributed by atoms with Crippen molar-refractivity contribution in [1.29, 1.82) is 0 Å². The molecule has 1 heterocycles. The van der Waals surface area contributed by atoms with E-state index in [1.807, 2.05) is 12.1 Å². The molecule has 6 nitrogen and oxygen atoms in total. The molecule has 0 aliphatic rings. The molecule has 21 heavy (non-hydrogen) atoms. The van der Waals surface area contributed by atoms with Gasteiger partial charge in [-0.15, -0.1) is 0 Å². The van der Waals surface area contributed by atoms with Crippen molar-refractivity contribution in [1.82, 2.24) is 10.6 Å². The monoisotopic (exact) mass is 351 g/mol. The van der Waals surface area contributed by atoms with Crippen molar-refractivity contribution in [2.75, 3.05) is 6.61 Å². The van der Waals surface area contributed by atoms with Crippen LogP contribution in [0, 0.1) is 0 Å². The van der Waals surface area contributed by atoms with Gasteiger partial charge in [0.1, 0.15) is 5.75 Å². The molecule has 0 radical (unpaired) electrons. The number of hydrogen-bond acceptors (Lipinski definition) is 5. The third-order valence-corrected chi connectivity index (χ3v) is 2.90. The molecule has 0 unspecified atom stereocenters. The number of carbonyl (C=O) groups excluding carboxylic acids is 1. The highest BCUT2D eigenvalue weighted by molar-refractivity contribution is 9.10. The zero-order valence-electron chi connectivity index (χ0n) is 11.6. The first-order valence-corrected chi connectivity index (χ1v) is 6.98. The Balaban J connectivity index is 2.10. The number of ether oxygens (including phenoxy) is 1. The molecule has 7 heteroatoms. The Hall–Kier alpha value is -2.15. The molecule has 0 spiro atoms. The molecule has 2 aromatic rings. The van der Waals surface area contributed by atoms with Crippen LogP contribution in [0.2, 0.25) is 0 Å². The van der Waals surface area contributed by atoms with E-state index in [1.54, 1.807) is 32.2 Å². The lowest BCUT2D eigenvalue weighted by molar-refractivity contribution is -0.123. The maximum atomic E-state index is 11.6. The maximum Gasteiger partial charge on any atom is 0.277 e. The lowest BCUT2D eigenvalue weighted by atomic mass is 10.1. The zero-order chi connectivity index (χ0) is 15.2. The molecule has 1 N–H and O–H groups in total. The smallest absolute Gasteiger partial charge is 0.277 e. The van der Waals surface area contributed by atoms with E-state index in [0.717, 1.165) is 10.2 Å². The Morgan fingerprint density at radius 3 is 2.90 bits per heavy atom. The number of halogens is 1. The summed E-state index contributed by atoms with van der Waals surface area (Å²) in [6, 6.07) is 7.13. The van der Waals surface area contributed by atoms with E-state index in [0.29, 0.717) is 17.1 Å². The van der Waals surface area contributed by atoms with Crippen LogP contribution in [-0.2, 0) is 4.79 Å². The molecule has 0 fully saturated rings. The lowest BCUT2D eigenvalue weighted by Crippen LogP contribution is -2.25. The summed E-state index contributed by atoms with van der Waals surface area (Å²) >= 11 is 3.39. The number of benzene rings is 1. The molecule has 0 aliphatic carbocycles. The van der Waals surface area contributed by atoms with Gasteiger partial charge in [0.2, 0.25) is 0 Å². The predicted molar refractivity (Wildman–Crippen MR) is 82.1 cm³/mol. The van der Waals surface area contributed by atoms with Gasteiger partial charge in [0.15, 0.2) is 12.4 Å². The summed E-state index contributed by atoms with van der Waals surface area (Å²) in [7, 11) is 0. The SMILES string of the molecule is CC(C)=NNC(=O)COc1ccc(Br)cc1-c1ccno1. The van der Waals surface area contributed by atoms with Gasteiger partial charge in [-0.25, -0.2) is 5.43 Å². The van der Waals surface area contributed by atoms with E-state index < -0.39 is 0 Å². The number of hydrazone groups is 1. The summed E-state index contributed by atoms with van der Waals surface area (Å²) in [5, 5.41) is 7.49. The van der Waals surface area contributed by atoms with Gasteiger partial charge in [-0.1, -0.05) is 21.1 Å². The molecule has 1 aromatic heterocycles. The summed E-state index contributed by atoms with van der Waals surface area (Å²) in [6.07, 6.45) is 1.55. The topological polar surface area (TPSA) is 76.7 Å². The quantitative estimate of drug-likeness (QED) is 0.663. The molecular weight excluding hydrogens is 338 g/mol. The second-order valence-corrected chi connectivity index (χ2v) is 5.32. The highest BCUT2D eigenvalue weighted by Crippen LogP contribution is 2.32. The summed E-state index contributed by atoms with van der Waals surface area (Å²) in [5.41, 5.74) is 3.87. The number of nitrogens with zero attached hydrogens (tertiary/aromatic N) is 2. The normalized spacial score (nSPS) is 10.0. The number of amides is 1. The average Bonchev–Trinajstić information content (AvgIpc) is 2.97. The van der Waals surface area contributed by atoms with Crippen LogP contribution in [0.4, 0.5) is 0 Å². The van der Waals surface area contributed by atoms with Gasteiger partial charge >= 0.3 is 0 Å². The summed E-state index contributed by atoms with van der Waals surface area (Å²) in [5.74, 6) is 0.763. The fraction of sp³-hybridized carbons (Fsp3) is 0.214. The van der Waals surface area contributed by atoms with Crippen molar-refractivity contribution in [2.24, 2.45) is 5.10 Å². The van der Waals surface area contributed by atoms with E-state index in [-0.39, 0.29) is 12.5 Å². The van der Waals surface area contributed by atoms with Gasteiger partial charge in [0.25, 0.3) is 5.91 Å². The molecule has 0 aliphatic heterocycles. The fourth-order valence-corrected chi connectivity index (χ4v) is 1.89. The van der Waals surface area contributed by atoms with E-state index in [2.05, 4.69) is 31.6 Å². The second kappa shape index (κ2) is 7.03. The number of rotatable bonds is 5. The van der Waals surface area contributed by atoms with E-state index in [1.165, 1.54) is 0 Å². The van der Waals surface area contributed by atoms with E-state index in [9.17, 15) is 4.79 Å². The first-order chi connectivity index (χ1) is 10.1. The van der Waals surface area contributed by atoms with Gasteiger partial charge in [-0.05, 0) is 32.0 Å². The standard InChI is InChI=1S/C14H14BrN3O3/c1-9(2)17-18-14(19)8-20-12-4-3-10(15)7-11(12)13-5-6-16-21-13/h3-7H,8H2,1-2H3,(H,18,19). The van der Waals surface area contributed by atoms with Gasteiger partial charge in [-0.2, -0.15) is 5.10 Å². The number of nitrogens with one attached hydrogen (secondary N) is 1. The Morgan fingerprint density at radius 2 is 2.24 bits per heavy atom. The Bertz CT molecular complexity index is 649. The van der Waals surface area contributed by atoms with Crippen LogP contribution in [0.3, 0.4) is 0 Å². The minimum atomic E-state index is -0.331. The van der Waals surface area contributed by atoms with Crippen molar-refractivity contribution < 1.29 is 14.1 Å². The van der Waals surface area contributed by atoms with Crippen molar-refractivity contribution in [3.05, 3.63) is 34.9 Å². The first-order valence-electron chi connectivity index (χ1n) is 6.19. The Kier molecular flexibility index (Phi) is 5.10. The number of aromatic nitrogens is 1. The van der Waals surface area contributed by atoms with Crippen molar-refractivity contribution in [3.8, 4) is 17.1 Å². The summed E-state index contributed by atoms with van der Waals surface area (Å²) < 4.78 is 11.5. The van der Waals surface area contributed by atoms with Crippen LogP contribution in [0.15, 0.2) is 44.6 Å². The van der Waals surface area contributed by atoms with Gasteiger partial charge in [0.05, 0.1) is 11.8 Å². The summed E-state index contributed by atoms with van der Waals surface area (Å²) in [4.78, 5) is 11.6. The van der Waals surface area contributed by atoms with Crippen LogP contribution in [0.25, 0.3) is 11.3 Å². The van der Waals surface area contributed by atoms with Gasteiger partial charge < -0.3 is 9.26 Å². The maximum absolute atomic E-state index is 11.6. The van der Waals surface area contributed by atoms with E-state index in [4.69, 9.17) is 9.26 Å². The fourth-order valence-electron chi connectivity index (χ4n) is 1.53. The lowest BCUT2D eigenvalue weighted by Gasteiger charge is -2.09. The largest absolute Gasteiger partial charge is 0.483 e. The predicted octanol–water partition coefficient (Wildman–Crippen LogP) is 2.99. The molecule has 0 atom stereocenters. The number of carbonyl (C=O) groups is 1. The molecule has 1 amide bonds. The highest BCUT2D eigenvalue weighted by Gasteiger charge is 2.12. The van der Waals surface area contributed by atoms with Gasteiger partial charge in [-0.3, -0.25) is 4.79 Å². The van der Waals surface area contributed by atoms with Crippen LogP contribution in [0.5, 0.6) is 5.75 Å². The van der Waals surface area contributed by atoms with E-state index >= 15 is 0 Å². The van der Waals surface area contributed by atoms with Crippen LogP contribution in [-0.4, -0.2) is 23.4 Å². The minimum Gasteiger partial charge on any atom is -0.483 e. The number of hydrogen-bond donors (Lipinski definition) is 1. The first kappa shape index (κ1) is 15.2. The Morgan fingerprint density at radius 1 is 1.43 bits per heavy atom. The average molecular weight is 352 g/mol. The third kappa shape index (κ3) is 4.42. The van der Waals surface area contributed by atoms with Crippen LogP contribution in [0.1, 0.15) is 13.8 Å². The van der Waals surface area contributed by atoms with Gasteiger partial charge in [0, 0.05) is 16.3 Å². The molecule has 1 aromatic carbocycles. The molecule has 2 rings (SSSR count). The molecule has 0 saturated heterocycles. The highest BCUT2D eigenvalue weighted by atomic mass is 79.9. The second-order valence-electron chi connectivity index (χ2n) is 4.40. The Labute approximate surface area is 130 Å². The van der Waals surface area contributed by atoms with Crippen LogP contribution >= 0.6 is 15.9 Å². The third-order valence-electron chi connectivity index (χ3n) is 2.41. The minimum absolute atomic E-state index is 0.139. The van der Waals surface area contributed by atoms with Crippen molar-refractivity contribution in [3.63, 3.8) is 0 Å².